The number of pyridine rings is 1. The molecule has 1 unspecified atom stereocenters. The van der Waals surface area contributed by atoms with Gasteiger partial charge >= 0.3 is 0 Å². The summed E-state index contributed by atoms with van der Waals surface area (Å²) >= 11 is 0. The van der Waals surface area contributed by atoms with E-state index in [0.29, 0.717) is 11.9 Å². The van der Waals surface area contributed by atoms with Crippen LogP contribution >= 0.6 is 0 Å². The van der Waals surface area contributed by atoms with Gasteiger partial charge in [0.25, 0.3) is 0 Å². The fourth-order valence-electron chi connectivity index (χ4n) is 5.03. The van der Waals surface area contributed by atoms with Gasteiger partial charge < -0.3 is 4.90 Å². The number of aromatic nitrogens is 1. The Hall–Kier alpha value is -1.42. The van der Waals surface area contributed by atoms with E-state index in [1.165, 1.54) is 38.5 Å². The number of likely N-dealkylation sites (tertiary alicyclic amines) is 2. The summed E-state index contributed by atoms with van der Waals surface area (Å²) in [5, 5.41) is 0. The van der Waals surface area contributed by atoms with Gasteiger partial charge in [-0.1, -0.05) is 25.3 Å². The predicted octanol–water partition coefficient (Wildman–Crippen LogP) is 3.23. The molecule has 0 aromatic carbocycles. The summed E-state index contributed by atoms with van der Waals surface area (Å²) in [6, 6.07) is 6.61. The normalized spacial score (nSPS) is 29.5. The van der Waals surface area contributed by atoms with Gasteiger partial charge in [-0.05, 0) is 50.8 Å². The number of hydrogen-bond acceptors (Lipinski definition) is 3. The van der Waals surface area contributed by atoms with Crippen LogP contribution in [0.15, 0.2) is 24.4 Å². The molecule has 1 amide bonds. The van der Waals surface area contributed by atoms with Crippen molar-refractivity contribution >= 4 is 5.91 Å². The third-order valence-corrected chi connectivity index (χ3v) is 6.33. The monoisotopic (exact) mass is 327 g/mol. The second-order valence-corrected chi connectivity index (χ2v) is 7.96. The van der Waals surface area contributed by atoms with Gasteiger partial charge in [-0.15, -0.1) is 0 Å². The molecule has 1 atom stereocenters. The van der Waals surface area contributed by atoms with Gasteiger partial charge in [0.1, 0.15) is 0 Å². The van der Waals surface area contributed by atoms with Crippen molar-refractivity contribution in [3.05, 3.63) is 30.1 Å². The average molecular weight is 327 g/mol. The molecule has 3 aliphatic rings. The Labute approximate surface area is 145 Å². The van der Waals surface area contributed by atoms with E-state index in [0.717, 1.165) is 44.7 Å². The molecular formula is C20H29N3O. The molecule has 1 aromatic rings. The topological polar surface area (TPSA) is 36.4 Å². The minimum absolute atomic E-state index is 0.107. The molecule has 24 heavy (non-hydrogen) atoms. The lowest BCUT2D eigenvalue weighted by molar-refractivity contribution is -0.149. The van der Waals surface area contributed by atoms with Crippen molar-refractivity contribution < 1.29 is 4.79 Å². The van der Waals surface area contributed by atoms with Gasteiger partial charge in [0.2, 0.25) is 5.91 Å². The molecule has 2 aliphatic heterocycles. The molecule has 2 saturated heterocycles. The minimum Gasteiger partial charge on any atom is -0.339 e. The Morgan fingerprint density at radius 2 is 1.96 bits per heavy atom. The van der Waals surface area contributed by atoms with E-state index < -0.39 is 0 Å². The Balaban J connectivity index is 1.43. The van der Waals surface area contributed by atoms with E-state index in [2.05, 4.69) is 20.9 Å². The molecule has 130 valence electrons. The molecule has 1 aliphatic carbocycles. The molecule has 0 bridgehead atoms. The van der Waals surface area contributed by atoms with E-state index >= 15 is 0 Å². The maximum Gasteiger partial charge on any atom is 0.230 e. The van der Waals surface area contributed by atoms with Crippen molar-refractivity contribution in [3.8, 4) is 0 Å². The highest BCUT2D eigenvalue weighted by Crippen LogP contribution is 2.42. The van der Waals surface area contributed by atoms with Crippen LogP contribution in [0.25, 0.3) is 0 Å². The van der Waals surface area contributed by atoms with Gasteiger partial charge in [0.15, 0.2) is 0 Å². The maximum absolute atomic E-state index is 13.3. The number of carbonyl (C=O) groups is 1. The molecule has 3 fully saturated rings. The molecular weight excluding hydrogens is 298 g/mol. The lowest BCUT2D eigenvalue weighted by atomic mass is 9.77. The van der Waals surface area contributed by atoms with E-state index in [1.54, 1.807) is 0 Å². The van der Waals surface area contributed by atoms with Gasteiger partial charge in [-0.2, -0.15) is 0 Å². The summed E-state index contributed by atoms with van der Waals surface area (Å²) in [5.41, 5.74) is 1.01. The Morgan fingerprint density at radius 1 is 1.08 bits per heavy atom. The van der Waals surface area contributed by atoms with Gasteiger partial charge in [-0.3, -0.25) is 14.7 Å². The quantitative estimate of drug-likeness (QED) is 0.855. The van der Waals surface area contributed by atoms with Crippen molar-refractivity contribution in [3.63, 3.8) is 0 Å². The van der Waals surface area contributed by atoms with Crippen LogP contribution < -0.4 is 0 Å². The summed E-state index contributed by atoms with van der Waals surface area (Å²) in [6.45, 7) is 3.82. The van der Waals surface area contributed by atoms with Gasteiger partial charge in [0.05, 0.1) is 11.1 Å². The Morgan fingerprint density at radius 3 is 2.75 bits per heavy atom. The number of rotatable bonds is 3. The number of carbonyl (C=O) groups excluding carboxylic acids is 1. The molecule has 0 N–H and O–H groups in total. The largest absolute Gasteiger partial charge is 0.339 e. The van der Waals surface area contributed by atoms with Crippen molar-refractivity contribution in [2.24, 2.45) is 5.41 Å². The molecule has 4 rings (SSSR count). The second-order valence-electron chi connectivity index (χ2n) is 7.96. The van der Waals surface area contributed by atoms with Crippen LogP contribution in [0.3, 0.4) is 0 Å². The fourth-order valence-corrected chi connectivity index (χ4v) is 5.03. The third-order valence-electron chi connectivity index (χ3n) is 6.33. The molecule has 3 heterocycles. The Kier molecular flexibility index (Phi) is 4.57. The Bertz CT molecular complexity index is 570. The van der Waals surface area contributed by atoms with E-state index in [4.69, 9.17) is 0 Å². The van der Waals surface area contributed by atoms with Crippen LogP contribution in [0.1, 0.15) is 57.1 Å². The van der Waals surface area contributed by atoms with Gasteiger partial charge in [-0.25, -0.2) is 0 Å². The smallest absolute Gasteiger partial charge is 0.230 e. The predicted molar refractivity (Wildman–Crippen MR) is 94.4 cm³/mol. The summed E-state index contributed by atoms with van der Waals surface area (Å²) in [6.07, 6.45) is 11.5. The second kappa shape index (κ2) is 6.83. The zero-order valence-corrected chi connectivity index (χ0v) is 14.6. The van der Waals surface area contributed by atoms with Crippen molar-refractivity contribution in [1.29, 1.82) is 0 Å². The van der Waals surface area contributed by atoms with Crippen molar-refractivity contribution in [1.82, 2.24) is 14.8 Å². The summed E-state index contributed by atoms with van der Waals surface area (Å²) in [5.74, 6) is 0.462. The van der Waals surface area contributed by atoms with Crippen LogP contribution in [0, 0.1) is 5.41 Å². The molecule has 1 saturated carbocycles. The molecule has 1 aromatic heterocycles. The number of nitrogens with zero attached hydrogens (tertiary/aromatic N) is 3. The fraction of sp³-hybridized carbons (Fsp3) is 0.700. The third kappa shape index (κ3) is 3.08. The molecule has 4 heteroatoms. The van der Waals surface area contributed by atoms with E-state index in [1.807, 2.05) is 18.3 Å². The summed E-state index contributed by atoms with van der Waals surface area (Å²) in [4.78, 5) is 22.5. The average Bonchev–Trinajstić information content (AvgIpc) is 3.03. The SMILES string of the molecule is O=C1N(C2CCCCC2)CCCC12CCN(Cc1ccccn1)C2. The number of piperidine rings is 1. The highest BCUT2D eigenvalue weighted by molar-refractivity contribution is 5.84. The lowest BCUT2D eigenvalue weighted by Gasteiger charge is -2.44. The number of amides is 1. The van der Waals surface area contributed by atoms with Crippen molar-refractivity contribution in [2.45, 2.75) is 64.0 Å². The molecule has 1 spiro atoms. The molecule has 4 nitrogen and oxygen atoms in total. The minimum atomic E-state index is -0.107. The highest BCUT2D eigenvalue weighted by Gasteiger charge is 2.49. The number of hydrogen-bond donors (Lipinski definition) is 0. The van der Waals surface area contributed by atoms with Crippen LogP contribution in [0.4, 0.5) is 0 Å². The van der Waals surface area contributed by atoms with Crippen molar-refractivity contribution in [2.75, 3.05) is 19.6 Å². The maximum atomic E-state index is 13.3. The molecule has 0 radical (unpaired) electrons. The zero-order valence-electron chi connectivity index (χ0n) is 14.6. The first-order valence-corrected chi connectivity index (χ1v) is 9.70. The lowest BCUT2D eigenvalue weighted by Crippen LogP contribution is -2.54. The van der Waals surface area contributed by atoms with E-state index in [-0.39, 0.29) is 5.41 Å². The first-order chi connectivity index (χ1) is 11.8. The first-order valence-electron chi connectivity index (χ1n) is 9.70. The highest BCUT2D eigenvalue weighted by atomic mass is 16.2. The van der Waals surface area contributed by atoms with Crippen LogP contribution in [-0.4, -0.2) is 46.4 Å². The van der Waals surface area contributed by atoms with Gasteiger partial charge in [0, 0.05) is 31.9 Å². The first kappa shape index (κ1) is 16.1. The summed E-state index contributed by atoms with van der Waals surface area (Å²) < 4.78 is 0. The van der Waals surface area contributed by atoms with Crippen LogP contribution in [0.2, 0.25) is 0 Å². The van der Waals surface area contributed by atoms with E-state index in [9.17, 15) is 4.79 Å². The standard InChI is InChI=1S/C20H29N3O/c24-19-20(10-6-13-23(19)18-8-2-1-3-9-18)11-14-22(16-20)15-17-7-4-5-12-21-17/h4-5,7,12,18H,1-3,6,8-11,13-16H2. The van der Waals surface area contributed by atoms with Crippen LogP contribution in [0.5, 0.6) is 0 Å². The summed E-state index contributed by atoms with van der Waals surface area (Å²) in [7, 11) is 0. The zero-order chi connectivity index (χ0) is 16.4. The van der Waals surface area contributed by atoms with Crippen LogP contribution in [-0.2, 0) is 11.3 Å².